The van der Waals surface area contributed by atoms with Gasteiger partial charge in [0.1, 0.15) is 0 Å². The van der Waals surface area contributed by atoms with E-state index in [2.05, 4.69) is 4.98 Å². The fraction of sp³-hybridized carbons (Fsp3) is 0.304. The molecule has 2 heterocycles. The van der Waals surface area contributed by atoms with Gasteiger partial charge in [-0.3, -0.25) is 9.36 Å². The minimum Gasteiger partial charge on any atom is -0.396 e. The van der Waals surface area contributed by atoms with Gasteiger partial charge in [0.25, 0.3) is 0 Å². The number of primary amides is 1. The van der Waals surface area contributed by atoms with E-state index in [1.165, 1.54) is 12.1 Å². The molecule has 0 radical (unpaired) electrons. The summed E-state index contributed by atoms with van der Waals surface area (Å²) in [5.41, 5.74) is 7.62. The maximum absolute atomic E-state index is 12.8. The van der Waals surface area contributed by atoms with E-state index in [0.717, 1.165) is 48.0 Å². The second kappa shape index (κ2) is 10.1. The third-order valence-electron chi connectivity index (χ3n) is 5.12. The number of nitrogens with two attached hydrogens (primary N) is 1. The summed E-state index contributed by atoms with van der Waals surface area (Å²) in [5.74, 6) is -0.551. The number of carbonyl (C=O) groups is 1. The van der Waals surface area contributed by atoms with Crippen LogP contribution in [-0.2, 0) is 18.0 Å². The lowest BCUT2D eigenvalue weighted by molar-refractivity contribution is -0.137. The van der Waals surface area contributed by atoms with Crippen LogP contribution in [0.2, 0.25) is 0 Å². The Morgan fingerprint density at radius 3 is 2.42 bits per heavy atom. The Hall–Kier alpha value is -3.37. The number of fused-ring (bicyclic) bond motifs is 3. The normalized spacial score (nSPS) is 11.6. The van der Waals surface area contributed by atoms with Gasteiger partial charge in [-0.2, -0.15) is 13.2 Å². The van der Waals surface area contributed by atoms with Gasteiger partial charge in [-0.15, -0.1) is 0 Å². The first-order valence-corrected chi connectivity index (χ1v) is 10.2. The molecular weight excluding hydrogens is 437 g/mol. The van der Waals surface area contributed by atoms with Gasteiger partial charge in [-0.05, 0) is 55.3 Å². The topological polar surface area (TPSA) is 95.3 Å². The van der Waals surface area contributed by atoms with Gasteiger partial charge in [-0.1, -0.05) is 0 Å². The predicted molar refractivity (Wildman–Crippen MR) is 119 cm³/mol. The highest BCUT2D eigenvalue weighted by Gasteiger charge is 2.30. The van der Waals surface area contributed by atoms with Crippen LogP contribution in [0.15, 0.2) is 48.8 Å². The average molecular weight is 462 g/mol. The number of nitrogens with zero attached hydrogens (tertiary/aromatic N) is 3. The molecule has 10 heteroatoms. The van der Waals surface area contributed by atoms with Crippen LogP contribution in [0, 0.1) is 0 Å². The van der Waals surface area contributed by atoms with Crippen molar-refractivity contribution < 1.29 is 27.8 Å². The van der Waals surface area contributed by atoms with E-state index >= 15 is 0 Å². The van der Waals surface area contributed by atoms with Crippen molar-refractivity contribution in [1.82, 2.24) is 14.1 Å². The highest BCUT2D eigenvalue weighted by molar-refractivity contribution is 6.09. The van der Waals surface area contributed by atoms with E-state index in [1.807, 2.05) is 7.05 Å². The number of aliphatic hydroxyl groups is 1. The molecule has 7 nitrogen and oxygen atoms in total. The maximum Gasteiger partial charge on any atom is 0.416 e. The third kappa shape index (κ3) is 5.18. The van der Waals surface area contributed by atoms with Gasteiger partial charge < -0.3 is 20.1 Å². The lowest BCUT2D eigenvalue weighted by Gasteiger charge is -2.10. The Labute approximate surface area is 188 Å². The smallest absolute Gasteiger partial charge is 0.396 e. The van der Waals surface area contributed by atoms with Crippen molar-refractivity contribution in [2.45, 2.75) is 19.0 Å². The number of unbranched alkanes of at least 4 members (excludes halogenated alkanes) is 1. The monoisotopic (exact) mass is 462 g/mol. The second-order valence-electron chi connectivity index (χ2n) is 7.43. The SMILES string of the molecule is COCCCCO.Cn1cnc2c1c1cc(C(N)=O)ccc1n2-c1ccc(C(F)(F)F)cc1. The first-order chi connectivity index (χ1) is 15.7. The number of halogens is 3. The number of hydrogen-bond donors (Lipinski definition) is 2. The van der Waals surface area contributed by atoms with E-state index in [4.69, 9.17) is 15.6 Å². The molecule has 2 aromatic heterocycles. The Balaban J connectivity index is 0.000000383. The number of aliphatic hydroxyl groups excluding tert-OH is 1. The number of alkyl halides is 3. The second-order valence-corrected chi connectivity index (χ2v) is 7.43. The molecule has 0 spiro atoms. The summed E-state index contributed by atoms with van der Waals surface area (Å²) < 4.78 is 46.8. The maximum atomic E-state index is 12.8. The summed E-state index contributed by atoms with van der Waals surface area (Å²) in [6.45, 7) is 1.05. The Morgan fingerprint density at radius 2 is 1.85 bits per heavy atom. The number of methoxy groups -OCH3 is 1. The number of aryl methyl sites for hydroxylation is 1. The molecule has 0 aliphatic rings. The van der Waals surface area contributed by atoms with Crippen LogP contribution in [0.3, 0.4) is 0 Å². The van der Waals surface area contributed by atoms with Crippen molar-refractivity contribution in [2.24, 2.45) is 12.8 Å². The molecule has 4 rings (SSSR count). The first kappa shape index (κ1) is 24.3. The quantitative estimate of drug-likeness (QED) is 0.423. The number of amides is 1. The largest absolute Gasteiger partial charge is 0.416 e. The van der Waals surface area contributed by atoms with Crippen LogP contribution in [0.4, 0.5) is 13.2 Å². The van der Waals surface area contributed by atoms with E-state index < -0.39 is 17.6 Å². The highest BCUT2D eigenvalue weighted by Crippen LogP contribution is 2.34. The molecule has 1 amide bonds. The molecule has 0 saturated heterocycles. The standard InChI is InChI=1S/C18H13F3N4O.C5H12O2/c1-24-9-23-17-15(24)13-8-10(16(22)26)2-7-14(13)25(17)12-5-3-11(4-6-12)18(19,20)21;1-7-5-3-2-4-6/h2-9H,1H3,(H2,22,26);6H,2-5H2,1H3. The summed E-state index contributed by atoms with van der Waals surface area (Å²) in [6, 6.07) is 9.85. The molecule has 0 aliphatic carbocycles. The molecule has 0 bridgehead atoms. The summed E-state index contributed by atoms with van der Waals surface area (Å²) in [4.78, 5) is 15.9. The van der Waals surface area contributed by atoms with Gasteiger partial charge in [0.05, 0.1) is 22.9 Å². The van der Waals surface area contributed by atoms with Gasteiger partial charge >= 0.3 is 6.18 Å². The Bertz CT molecular complexity index is 1240. The minimum absolute atomic E-state index is 0.281. The Morgan fingerprint density at radius 1 is 1.15 bits per heavy atom. The van der Waals surface area contributed by atoms with Crippen LogP contribution in [0.5, 0.6) is 0 Å². The van der Waals surface area contributed by atoms with Gasteiger partial charge in [0.15, 0.2) is 5.65 Å². The van der Waals surface area contributed by atoms with E-state index in [0.29, 0.717) is 16.9 Å². The molecule has 0 fully saturated rings. The zero-order valence-electron chi connectivity index (χ0n) is 18.3. The average Bonchev–Trinajstić information content (AvgIpc) is 3.31. The number of benzene rings is 2. The summed E-state index contributed by atoms with van der Waals surface area (Å²) in [7, 11) is 3.47. The molecule has 2 aromatic carbocycles. The van der Waals surface area contributed by atoms with Crippen molar-refractivity contribution in [3.63, 3.8) is 0 Å². The number of carbonyl (C=O) groups excluding carboxylic acids is 1. The van der Waals surface area contributed by atoms with Gasteiger partial charge in [0, 0.05) is 44.0 Å². The molecule has 4 aromatic rings. The summed E-state index contributed by atoms with van der Waals surface area (Å²) in [5, 5.41) is 8.98. The molecular formula is C23H25F3N4O3. The molecule has 0 unspecified atom stereocenters. The van der Waals surface area contributed by atoms with Crippen LogP contribution in [-0.4, -0.2) is 45.5 Å². The molecule has 0 atom stereocenters. The number of hydrogen-bond acceptors (Lipinski definition) is 4. The molecule has 176 valence electrons. The van der Waals surface area contributed by atoms with Crippen LogP contribution >= 0.6 is 0 Å². The number of aromatic nitrogens is 3. The Kier molecular flexibility index (Phi) is 7.39. The number of imidazole rings is 1. The van der Waals surface area contributed by atoms with E-state index in [-0.39, 0.29) is 6.61 Å². The first-order valence-electron chi connectivity index (χ1n) is 10.2. The minimum atomic E-state index is -4.39. The van der Waals surface area contributed by atoms with Gasteiger partial charge in [0.2, 0.25) is 5.91 Å². The fourth-order valence-electron chi connectivity index (χ4n) is 3.50. The highest BCUT2D eigenvalue weighted by atomic mass is 19.4. The van der Waals surface area contributed by atoms with E-state index in [9.17, 15) is 18.0 Å². The summed E-state index contributed by atoms with van der Waals surface area (Å²) in [6.07, 6.45) is -0.962. The molecule has 33 heavy (non-hydrogen) atoms. The zero-order chi connectivity index (χ0) is 24.2. The van der Waals surface area contributed by atoms with Crippen LogP contribution in [0.1, 0.15) is 28.8 Å². The van der Waals surface area contributed by atoms with E-state index in [1.54, 1.807) is 40.8 Å². The number of ether oxygens (including phenoxy) is 1. The van der Waals surface area contributed by atoms with Crippen molar-refractivity contribution in [2.75, 3.05) is 20.3 Å². The fourth-order valence-corrected chi connectivity index (χ4v) is 3.50. The molecule has 3 N–H and O–H groups in total. The predicted octanol–water partition coefficient (Wildman–Crippen LogP) is 4.04. The summed E-state index contributed by atoms with van der Waals surface area (Å²) >= 11 is 0. The molecule has 0 aliphatic heterocycles. The van der Waals surface area contributed by atoms with Gasteiger partial charge in [-0.25, -0.2) is 4.98 Å². The third-order valence-corrected chi connectivity index (χ3v) is 5.12. The zero-order valence-corrected chi connectivity index (χ0v) is 18.3. The van der Waals surface area contributed by atoms with Crippen molar-refractivity contribution >= 4 is 28.0 Å². The van der Waals surface area contributed by atoms with Crippen molar-refractivity contribution in [3.8, 4) is 5.69 Å². The van der Waals surface area contributed by atoms with Crippen LogP contribution < -0.4 is 5.73 Å². The van der Waals surface area contributed by atoms with Crippen molar-refractivity contribution in [1.29, 1.82) is 0 Å². The number of rotatable bonds is 6. The van der Waals surface area contributed by atoms with Crippen LogP contribution in [0.25, 0.3) is 27.8 Å². The lowest BCUT2D eigenvalue weighted by atomic mass is 10.1. The van der Waals surface area contributed by atoms with Crippen molar-refractivity contribution in [3.05, 3.63) is 59.9 Å². The lowest BCUT2D eigenvalue weighted by Crippen LogP contribution is -2.10. The molecule has 0 saturated carbocycles.